The minimum absolute atomic E-state index is 0.0592. The van der Waals surface area contributed by atoms with Crippen LogP contribution in [0.2, 0.25) is 0 Å². The number of hydrogen-bond donors (Lipinski definition) is 0. The number of amidine groups is 1. The Kier molecular flexibility index (Phi) is 4.52. The normalized spacial score (nSPS) is 16.1. The van der Waals surface area contributed by atoms with Gasteiger partial charge in [-0.3, -0.25) is 19.5 Å². The van der Waals surface area contributed by atoms with E-state index in [1.807, 2.05) is 37.3 Å². The molecule has 1 fully saturated rings. The Morgan fingerprint density at radius 3 is 2.74 bits per heavy atom. The van der Waals surface area contributed by atoms with E-state index in [4.69, 9.17) is 0 Å². The average molecular weight is 325 g/mol. The Morgan fingerprint density at radius 1 is 1.26 bits per heavy atom. The number of amides is 2. The van der Waals surface area contributed by atoms with Gasteiger partial charge >= 0.3 is 0 Å². The van der Waals surface area contributed by atoms with Gasteiger partial charge < -0.3 is 0 Å². The molecule has 1 aromatic heterocycles. The summed E-state index contributed by atoms with van der Waals surface area (Å²) in [6.07, 6.45) is 1.68. The SMILES string of the molecule is Cc1ccc(C(=O)N=C2SCC(=O)N2Cc2ccccn2)cc1. The van der Waals surface area contributed by atoms with Crippen LogP contribution in [0.15, 0.2) is 53.7 Å². The van der Waals surface area contributed by atoms with Gasteiger partial charge in [-0.1, -0.05) is 35.5 Å². The van der Waals surface area contributed by atoms with Crippen LogP contribution in [-0.4, -0.2) is 32.6 Å². The minimum atomic E-state index is -0.340. The third-order valence-electron chi connectivity index (χ3n) is 3.40. The van der Waals surface area contributed by atoms with Gasteiger partial charge in [0.25, 0.3) is 5.91 Å². The molecule has 0 radical (unpaired) electrons. The van der Waals surface area contributed by atoms with Gasteiger partial charge in [0.2, 0.25) is 5.91 Å². The Balaban J connectivity index is 1.81. The third-order valence-corrected chi connectivity index (χ3v) is 4.36. The molecule has 6 heteroatoms. The second-order valence-electron chi connectivity index (χ2n) is 5.16. The number of aliphatic imine (C=N–C) groups is 1. The van der Waals surface area contributed by atoms with Crippen LogP contribution in [-0.2, 0) is 11.3 Å². The molecule has 0 N–H and O–H groups in total. The predicted octanol–water partition coefficient (Wildman–Crippen LogP) is 2.66. The summed E-state index contributed by atoms with van der Waals surface area (Å²) in [7, 11) is 0. The molecule has 2 aromatic rings. The highest BCUT2D eigenvalue weighted by Gasteiger charge is 2.29. The van der Waals surface area contributed by atoms with Crippen molar-refractivity contribution in [1.82, 2.24) is 9.88 Å². The van der Waals surface area contributed by atoms with E-state index in [1.54, 1.807) is 18.3 Å². The number of carbonyl (C=O) groups excluding carboxylic acids is 2. The summed E-state index contributed by atoms with van der Waals surface area (Å²) >= 11 is 1.28. The fourth-order valence-corrected chi connectivity index (χ4v) is 3.02. The van der Waals surface area contributed by atoms with Crippen molar-refractivity contribution in [2.45, 2.75) is 13.5 Å². The molecule has 1 saturated heterocycles. The largest absolute Gasteiger partial charge is 0.284 e. The Labute approximate surface area is 138 Å². The Morgan fingerprint density at radius 2 is 2.04 bits per heavy atom. The van der Waals surface area contributed by atoms with E-state index in [-0.39, 0.29) is 11.8 Å². The lowest BCUT2D eigenvalue weighted by Crippen LogP contribution is -2.29. The second kappa shape index (κ2) is 6.75. The van der Waals surface area contributed by atoms with Crippen LogP contribution < -0.4 is 0 Å². The highest BCUT2D eigenvalue weighted by molar-refractivity contribution is 8.15. The molecule has 0 aliphatic carbocycles. The summed E-state index contributed by atoms with van der Waals surface area (Å²) in [6.45, 7) is 2.28. The molecule has 5 nitrogen and oxygen atoms in total. The van der Waals surface area contributed by atoms with Crippen molar-refractivity contribution in [3.05, 3.63) is 65.5 Å². The van der Waals surface area contributed by atoms with Gasteiger partial charge in [-0.25, -0.2) is 0 Å². The maximum absolute atomic E-state index is 12.3. The molecule has 23 heavy (non-hydrogen) atoms. The molecule has 0 spiro atoms. The van der Waals surface area contributed by atoms with E-state index in [2.05, 4.69) is 9.98 Å². The summed E-state index contributed by atoms with van der Waals surface area (Å²) in [6, 6.07) is 12.7. The maximum Gasteiger partial charge on any atom is 0.279 e. The highest BCUT2D eigenvalue weighted by Crippen LogP contribution is 2.22. The zero-order valence-corrected chi connectivity index (χ0v) is 13.4. The summed E-state index contributed by atoms with van der Waals surface area (Å²) in [5.41, 5.74) is 2.36. The van der Waals surface area contributed by atoms with E-state index in [0.29, 0.717) is 23.0 Å². The van der Waals surface area contributed by atoms with Gasteiger partial charge in [0, 0.05) is 11.8 Å². The number of benzene rings is 1. The monoisotopic (exact) mass is 325 g/mol. The van der Waals surface area contributed by atoms with Gasteiger partial charge in [-0.05, 0) is 31.2 Å². The molecule has 0 atom stereocenters. The number of thioether (sulfide) groups is 1. The molecule has 1 aliphatic heterocycles. The molecule has 1 aliphatic rings. The van der Waals surface area contributed by atoms with Gasteiger partial charge in [-0.15, -0.1) is 0 Å². The molecule has 2 amide bonds. The molecule has 116 valence electrons. The summed E-state index contributed by atoms with van der Waals surface area (Å²) in [5.74, 6) is -0.100. The molecule has 1 aromatic carbocycles. The lowest BCUT2D eigenvalue weighted by atomic mass is 10.1. The first kappa shape index (κ1) is 15.4. The molecular formula is C17H15N3O2S. The first-order valence-electron chi connectivity index (χ1n) is 7.16. The highest BCUT2D eigenvalue weighted by atomic mass is 32.2. The maximum atomic E-state index is 12.3. The van der Waals surface area contributed by atoms with Gasteiger partial charge in [-0.2, -0.15) is 4.99 Å². The number of aromatic nitrogens is 1. The van der Waals surface area contributed by atoms with Gasteiger partial charge in [0.05, 0.1) is 18.0 Å². The number of rotatable bonds is 3. The first-order valence-corrected chi connectivity index (χ1v) is 8.15. The van der Waals surface area contributed by atoms with Crippen LogP contribution >= 0.6 is 11.8 Å². The molecule has 0 saturated carbocycles. The van der Waals surface area contributed by atoms with Crippen molar-refractivity contribution in [3.63, 3.8) is 0 Å². The molecular weight excluding hydrogens is 310 g/mol. The third kappa shape index (κ3) is 3.65. The lowest BCUT2D eigenvalue weighted by molar-refractivity contribution is -0.124. The lowest BCUT2D eigenvalue weighted by Gasteiger charge is -2.15. The number of nitrogens with zero attached hydrogens (tertiary/aromatic N) is 3. The first-order chi connectivity index (χ1) is 11.1. The standard InChI is InChI=1S/C17H15N3O2S/c1-12-5-7-13(8-6-12)16(22)19-17-20(15(21)11-23-17)10-14-4-2-3-9-18-14/h2-9H,10-11H2,1H3. The van der Waals surface area contributed by atoms with Crippen LogP contribution in [0.25, 0.3) is 0 Å². The molecule has 0 bridgehead atoms. The minimum Gasteiger partial charge on any atom is -0.284 e. The van der Waals surface area contributed by atoms with E-state index in [9.17, 15) is 9.59 Å². The number of aryl methyl sites for hydroxylation is 1. The predicted molar refractivity (Wildman–Crippen MR) is 90.2 cm³/mol. The van der Waals surface area contributed by atoms with Crippen molar-refractivity contribution < 1.29 is 9.59 Å². The van der Waals surface area contributed by atoms with Crippen molar-refractivity contribution in [1.29, 1.82) is 0 Å². The fourth-order valence-electron chi connectivity index (χ4n) is 2.14. The number of hydrogen-bond acceptors (Lipinski definition) is 4. The van der Waals surface area contributed by atoms with Crippen LogP contribution in [0.5, 0.6) is 0 Å². The van der Waals surface area contributed by atoms with Crippen LogP contribution in [0, 0.1) is 6.92 Å². The Bertz CT molecular complexity index is 757. The quantitative estimate of drug-likeness (QED) is 0.870. The summed E-state index contributed by atoms with van der Waals surface area (Å²) < 4.78 is 0. The topological polar surface area (TPSA) is 62.6 Å². The zero-order chi connectivity index (χ0) is 16.2. The second-order valence-corrected chi connectivity index (χ2v) is 6.10. The van der Waals surface area contributed by atoms with Crippen molar-refractivity contribution >= 4 is 28.7 Å². The van der Waals surface area contributed by atoms with Crippen LogP contribution in [0.4, 0.5) is 0 Å². The number of carbonyl (C=O) groups is 2. The van der Waals surface area contributed by atoms with Crippen LogP contribution in [0.1, 0.15) is 21.6 Å². The molecule has 2 heterocycles. The summed E-state index contributed by atoms with van der Waals surface area (Å²) in [5, 5.41) is 0.436. The van der Waals surface area contributed by atoms with E-state index in [1.165, 1.54) is 16.7 Å². The molecule has 3 rings (SSSR count). The molecule has 0 unspecified atom stereocenters. The van der Waals surface area contributed by atoms with Gasteiger partial charge in [0.15, 0.2) is 5.17 Å². The fraction of sp³-hybridized carbons (Fsp3) is 0.176. The summed E-state index contributed by atoms with van der Waals surface area (Å²) in [4.78, 5) is 34.1. The van der Waals surface area contributed by atoms with E-state index >= 15 is 0 Å². The van der Waals surface area contributed by atoms with Gasteiger partial charge in [0.1, 0.15) is 0 Å². The number of pyridine rings is 1. The van der Waals surface area contributed by atoms with Crippen molar-refractivity contribution in [3.8, 4) is 0 Å². The van der Waals surface area contributed by atoms with E-state index < -0.39 is 0 Å². The van der Waals surface area contributed by atoms with Crippen molar-refractivity contribution in [2.75, 3.05) is 5.75 Å². The van der Waals surface area contributed by atoms with Crippen LogP contribution in [0.3, 0.4) is 0 Å². The average Bonchev–Trinajstić information content (AvgIpc) is 2.89. The van der Waals surface area contributed by atoms with Crippen molar-refractivity contribution in [2.24, 2.45) is 4.99 Å². The van der Waals surface area contributed by atoms with E-state index in [0.717, 1.165) is 11.3 Å². The Hall–Kier alpha value is -2.47. The smallest absolute Gasteiger partial charge is 0.279 e. The zero-order valence-electron chi connectivity index (χ0n) is 12.6.